The second-order valence-corrected chi connectivity index (χ2v) is 5.46. The number of nitrogens with zero attached hydrogens (tertiary/aromatic N) is 2. The van der Waals surface area contributed by atoms with Crippen LogP contribution in [-0.4, -0.2) is 48.4 Å². The van der Waals surface area contributed by atoms with Crippen LogP contribution in [0.25, 0.3) is 0 Å². The lowest BCUT2D eigenvalue weighted by Crippen LogP contribution is -2.48. The molecule has 0 aromatic carbocycles. The van der Waals surface area contributed by atoms with E-state index in [1.165, 1.54) is 5.56 Å². The number of piperazine rings is 1. The van der Waals surface area contributed by atoms with E-state index in [9.17, 15) is 4.79 Å². The zero-order valence-corrected chi connectivity index (χ0v) is 11.5. The van der Waals surface area contributed by atoms with Crippen molar-refractivity contribution in [2.24, 2.45) is 5.73 Å². The van der Waals surface area contributed by atoms with Gasteiger partial charge in [-0.2, -0.15) is 11.3 Å². The average Bonchev–Trinajstić information content (AvgIpc) is 2.89. The Morgan fingerprint density at radius 2 is 2.11 bits per heavy atom. The fourth-order valence-electron chi connectivity index (χ4n) is 2.21. The van der Waals surface area contributed by atoms with Gasteiger partial charge in [-0.25, -0.2) is 0 Å². The zero-order chi connectivity index (χ0) is 12.8. The number of nitrogens with two attached hydrogens (primary N) is 1. The van der Waals surface area contributed by atoms with Crippen molar-refractivity contribution in [3.8, 4) is 0 Å². The molecule has 18 heavy (non-hydrogen) atoms. The Bertz CT molecular complexity index is 358. The van der Waals surface area contributed by atoms with Crippen LogP contribution in [-0.2, 0) is 11.3 Å². The minimum absolute atomic E-state index is 0.260. The van der Waals surface area contributed by atoms with Crippen LogP contribution in [0.4, 0.5) is 0 Å². The highest BCUT2D eigenvalue weighted by atomic mass is 32.1. The predicted molar refractivity (Wildman–Crippen MR) is 74.5 cm³/mol. The second kappa shape index (κ2) is 6.87. The van der Waals surface area contributed by atoms with Crippen molar-refractivity contribution in [1.29, 1.82) is 0 Å². The van der Waals surface area contributed by atoms with Crippen LogP contribution in [0.3, 0.4) is 0 Å². The average molecular weight is 267 g/mol. The van der Waals surface area contributed by atoms with E-state index < -0.39 is 0 Å². The van der Waals surface area contributed by atoms with Gasteiger partial charge in [0.1, 0.15) is 0 Å². The first-order valence-corrected chi connectivity index (χ1v) is 7.45. The van der Waals surface area contributed by atoms with Crippen molar-refractivity contribution in [2.45, 2.75) is 19.4 Å². The monoisotopic (exact) mass is 267 g/mol. The van der Waals surface area contributed by atoms with E-state index in [2.05, 4.69) is 21.7 Å². The molecule has 2 rings (SSSR count). The summed E-state index contributed by atoms with van der Waals surface area (Å²) >= 11 is 1.74. The summed E-state index contributed by atoms with van der Waals surface area (Å²) in [5, 5.41) is 4.31. The molecule has 1 amide bonds. The van der Waals surface area contributed by atoms with Crippen molar-refractivity contribution in [1.82, 2.24) is 9.80 Å². The standard InChI is InChI=1S/C13H21N3OS/c14-4-1-2-13(17)16-7-5-15(6-8-16)10-12-3-9-18-11-12/h3,9,11H,1-2,4-8,10,14H2. The molecule has 0 unspecified atom stereocenters. The molecule has 0 spiro atoms. The van der Waals surface area contributed by atoms with Gasteiger partial charge in [-0.15, -0.1) is 0 Å². The molecule has 5 heteroatoms. The van der Waals surface area contributed by atoms with E-state index in [1.54, 1.807) is 11.3 Å². The Labute approximate surface area is 112 Å². The third kappa shape index (κ3) is 3.80. The molecule has 0 saturated carbocycles. The van der Waals surface area contributed by atoms with Gasteiger partial charge in [0.25, 0.3) is 0 Å². The summed E-state index contributed by atoms with van der Waals surface area (Å²) in [6.07, 6.45) is 1.40. The highest BCUT2D eigenvalue weighted by molar-refractivity contribution is 7.07. The molecule has 100 valence electrons. The lowest BCUT2D eigenvalue weighted by atomic mass is 10.2. The summed E-state index contributed by atoms with van der Waals surface area (Å²) in [5.41, 5.74) is 6.80. The molecular formula is C13H21N3OS. The minimum Gasteiger partial charge on any atom is -0.340 e. The maximum Gasteiger partial charge on any atom is 0.222 e. The van der Waals surface area contributed by atoms with Gasteiger partial charge in [-0.1, -0.05) is 0 Å². The van der Waals surface area contributed by atoms with E-state index in [-0.39, 0.29) is 5.91 Å². The molecule has 1 fully saturated rings. The number of carbonyl (C=O) groups is 1. The molecule has 2 N–H and O–H groups in total. The summed E-state index contributed by atoms with van der Waals surface area (Å²) in [6.45, 7) is 5.27. The first-order valence-electron chi connectivity index (χ1n) is 6.51. The third-order valence-electron chi connectivity index (χ3n) is 3.31. The molecule has 1 aromatic rings. The van der Waals surface area contributed by atoms with Crippen LogP contribution in [0.15, 0.2) is 16.8 Å². The smallest absolute Gasteiger partial charge is 0.222 e. The van der Waals surface area contributed by atoms with Crippen molar-refractivity contribution in [3.63, 3.8) is 0 Å². The zero-order valence-electron chi connectivity index (χ0n) is 10.7. The van der Waals surface area contributed by atoms with E-state index >= 15 is 0 Å². The molecule has 1 saturated heterocycles. The molecule has 1 aliphatic heterocycles. The number of rotatable bonds is 5. The lowest BCUT2D eigenvalue weighted by molar-refractivity contribution is -0.133. The fourth-order valence-corrected chi connectivity index (χ4v) is 2.87. The van der Waals surface area contributed by atoms with Crippen molar-refractivity contribution in [3.05, 3.63) is 22.4 Å². The molecule has 4 nitrogen and oxygen atoms in total. The fraction of sp³-hybridized carbons (Fsp3) is 0.615. The van der Waals surface area contributed by atoms with E-state index in [4.69, 9.17) is 5.73 Å². The van der Waals surface area contributed by atoms with Gasteiger partial charge in [-0.3, -0.25) is 9.69 Å². The number of thiophene rings is 1. The molecular weight excluding hydrogens is 246 g/mol. The molecule has 1 aliphatic rings. The second-order valence-electron chi connectivity index (χ2n) is 4.68. The van der Waals surface area contributed by atoms with Gasteiger partial charge in [0, 0.05) is 39.1 Å². The normalized spacial score (nSPS) is 17.1. The van der Waals surface area contributed by atoms with Crippen molar-refractivity contribution < 1.29 is 4.79 Å². The Hall–Kier alpha value is -0.910. The number of amides is 1. The quantitative estimate of drug-likeness (QED) is 0.870. The van der Waals surface area contributed by atoms with Crippen LogP contribution in [0.1, 0.15) is 18.4 Å². The Morgan fingerprint density at radius 3 is 2.72 bits per heavy atom. The Kier molecular flexibility index (Phi) is 5.16. The number of carbonyl (C=O) groups excluding carboxylic acids is 1. The van der Waals surface area contributed by atoms with Gasteiger partial charge >= 0.3 is 0 Å². The Morgan fingerprint density at radius 1 is 1.33 bits per heavy atom. The SMILES string of the molecule is NCCCC(=O)N1CCN(Cc2ccsc2)CC1. The summed E-state index contributed by atoms with van der Waals surface area (Å²) in [4.78, 5) is 16.2. The van der Waals surface area contributed by atoms with Gasteiger partial charge in [0.2, 0.25) is 5.91 Å². The molecule has 0 radical (unpaired) electrons. The van der Waals surface area contributed by atoms with Crippen LogP contribution in [0.2, 0.25) is 0 Å². The summed E-state index contributed by atoms with van der Waals surface area (Å²) in [6, 6.07) is 2.17. The van der Waals surface area contributed by atoms with Crippen LogP contribution >= 0.6 is 11.3 Å². The van der Waals surface area contributed by atoms with Gasteiger partial charge in [-0.05, 0) is 35.4 Å². The Balaban J connectivity index is 1.72. The van der Waals surface area contributed by atoms with Crippen molar-refractivity contribution >= 4 is 17.2 Å². The van der Waals surface area contributed by atoms with Gasteiger partial charge in [0.05, 0.1) is 0 Å². The van der Waals surface area contributed by atoms with Crippen molar-refractivity contribution in [2.75, 3.05) is 32.7 Å². The topological polar surface area (TPSA) is 49.6 Å². The largest absolute Gasteiger partial charge is 0.340 e. The lowest BCUT2D eigenvalue weighted by Gasteiger charge is -2.34. The molecule has 2 heterocycles. The first kappa shape index (κ1) is 13.5. The van der Waals surface area contributed by atoms with Crippen LogP contribution in [0.5, 0.6) is 0 Å². The highest BCUT2D eigenvalue weighted by Crippen LogP contribution is 2.12. The third-order valence-corrected chi connectivity index (χ3v) is 4.04. The van der Waals surface area contributed by atoms with E-state index in [1.807, 2.05) is 4.90 Å². The molecule has 0 bridgehead atoms. The number of hydrogen-bond acceptors (Lipinski definition) is 4. The van der Waals surface area contributed by atoms with Crippen LogP contribution in [0, 0.1) is 0 Å². The van der Waals surface area contributed by atoms with Gasteiger partial charge < -0.3 is 10.6 Å². The molecule has 0 aliphatic carbocycles. The van der Waals surface area contributed by atoms with Gasteiger partial charge in [0.15, 0.2) is 0 Å². The van der Waals surface area contributed by atoms with E-state index in [0.29, 0.717) is 13.0 Å². The highest BCUT2D eigenvalue weighted by Gasteiger charge is 2.20. The molecule has 0 atom stereocenters. The molecule has 1 aromatic heterocycles. The predicted octanol–water partition coefficient (Wildman–Crippen LogP) is 1.13. The maximum atomic E-state index is 11.8. The summed E-state index contributed by atoms with van der Waals surface area (Å²) in [7, 11) is 0. The maximum absolute atomic E-state index is 11.8. The minimum atomic E-state index is 0.260. The summed E-state index contributed by atoms with van der Waals surface area (Å²) < 4.78 is 0. The van der Waals surface area contributed by atoms with Crippen LogP contribution < -0.4 is 5.73 Å². The number of hydrogen-bond donors (Lipinski definition) is 1. The summed E-state index contributed by atoms with van der Waals surface area (Å²) in [5.74, 6) is 0.260. The van der Waals surface area contributed by atoms with E-state index in [0.717, 1.165) is 39.1 Å². The first-order chi connectivity index (χ1) is 8.79.